The van der Waals surface area contributed by atoms with Crippen molar-refractivity contribution in [2.24, 2.45) is 23.5 Å². The minimum Gasteiger partial charge on any atom is -0.458 e. The third-order valence-electron chi connectivity index (χ3n) is 15.3. The van der Waals surface area contributed by atoms with E-state index in [0.717, 1.165) is 5.57 Å². The summed E-state index contributed by atoms with van der Waals surface area (Å²) in [5.74, 6) is -2.68. The fraction of sp³-hybridized carbons (Fsp3) is 0.642. The molecular weight excluding hydrogens is 1110 g/mol. The molecule has 2 heterocycles. The highest BCUT2D eigenvalue weighted by Crippen LogP contribution is 2.29. The van der Waals surface area contributed by atoms with Crippen molar-refractivity contribution in [3.63, 3.8) is 0 Å². The normalized spacial score (nSPS) is 37.6. The molecule has 0 aromatic heterocycles. The third-order valence-corrected chi connectivity index (χ3v) is 15.3. The summed E-state index contributed by atoms with van der Waals surface area (Å²) in [6.45, 7) is 11.1. The number of aliphatic hydroxyl groups excluding tert-OH is 13. The number of Topliss-reactive ketones (excluding diaryl/α,β-unsaturated/α-hetero) is 1. The predicted molar refractivity (Wildman–Crippen MR) is 332 cm³/mol. The van der Waals surface area contributed by atoms with E-state index in [2.05, 4.69) is 6.58 Å². The summed E-state index contributed by atoms with van der Waals surface area (Å²) >= 11 is 0. The summed E-state index contributed by atoms with van der Waals surface area (Å²) in [6.07, 6.45) is 18.6. The molecule has 2 rings (SSSR count). The lowest BCUT2D eigenvalue weighted by molar-refractivity contribution is -0.306. The lowest BCUT2D eigenvalue weighted by Crippen LogP contribution is -2.58. The van der Waals surface area contributed by atoms with Crippen molar-refractivity contribution in [1.82, 2.24) is 0 Å². The van der Waals surface area contributed by atoms with Crippen LogP contribution in [0.25, 0.3) is 0 Å². The van der Waals surface area contributed by atoms with Crippen molar-refractivity contribution >= 4 is 11.8 Å². The van der Waals surface area contributed by atoms with Crippen LogP contribution in [0.15, 0.2) is 134 Å². The number of esters is 1. The molecule has 0 bridgehead atoms. The lowest BCUT2D eigenvalue weighted by atomic mass is 9.88. The largest absolute Gasteiger partial charge is 0.458 e. The number of allylic oxidation sites excluding steroid dienone is 12. The molecule has 2 aliphatic rings. The number of rotatable bonds is 14. The first-order valence-electron chi connectivity index (χ1n) is 30.8. The standard InChI is InChI=1S/C67H107NO18/c1-6-7-25-49-26-18-19-34-59(77)47(4)63(80)45(2)24-16-14-12-10-8-9-11-13-15-17-35-62(79)85-58(33-22-29-50(69)27-20-28-51(70)32-23-38-68)43-56(75)41-54(73)39-52(71)30-21-31-53(72)40-55(74)42-57(76)44-60(78)46(3)61(37-36-49)86-67-66(83)65(82)64(81)48(5)84-67/h6,8-16,19-22,24,27,31,33-34,36,45-48,50-59,61,63-67,69-77,80-83H,1,7,17-18,23,25-26,28-30,32,35,37-44,68H2,2-5H3/b10-8+,11-9+,14-12+,15-13+,24-16+,27-20+,31-21+,33-22+,34-19+,49-36-/t45?,46?,47?,48-,50?,51?,52?,53?,54?,55?,56?,57?,58?,59?,61?,63?,64-,65+,66+,67-/m0/s1. The number of ketones is 1. The minimum atomic E-state index is -1.65. The van der Waals surface area contributed by atoms with Gasteiger partial charge in [-0.25, -0.2) is 0 Å². The summed E-state index contributed by atoms with van der Waals surface area (Å²) in [6, 6.07) is 0. The summed E-state index contributed by atoms with van der Waals surface area (Å²) in [7, 11) is 0. The van der Waals surface area contributed by atoms with E-state index >= 15 is 0 Å². The zero-order chi connectivity index (χ0) is 64.0. The molecule has 0 aliphatic carbocycles. The van der Waals surface area contributed by atoms with Gasteiger partial charge in [-0.05, 0) is 109 Å². The van der Waals surface area contributed by atoms with Crippen LogP contribution in [0.3, 0.4) is 0 Å². The average molecular weight is 1210 g/mol. The van der Waals surface area contributed by atoms with E-state index in [1.165, 1.54) is 19.1 Å². The van der Waals surface area contributed by atoms with Crippen LogP contribution in [0.4, 0.5) is 0 Å². The Morgan fingerprint density at radius 2 is 1.31 bits per heavy atom. The molecule has 1 fully saturated rings. The van der Waals surface area contributed by atoms with E-state index in [9.17, 15) is 76.0 Å². The number of nitrogens with two attached hydrogens (primary N) is 1. The Morgan fingerprint density at radius 3 is 2.01 bits per heavy atom. The highest BCUT2D eigenvalue weighted by atomic mass is 16.7. The van der Waals surface area contributed by atoms with Crippen molar-refractivity contribution in [3.05, 3.63) is 134 Å². The van der Waals surface area contributed by atoms with E-state index in [4.69, 9.17) is 19.9 Å². The van der Waals surface area contributed by atoms with Crippen LogP contribution in [0.5, 0.6) is 0 Å². The van der Waals surface area contributed by atoms with Gasteiger partial charge in [0.1, 0.15) is 30.2 Å². The fourth-order valence-electron chi connectivity index (χ4n) is 9.81. The molecule has 15 N–H and O–H groups in total. The van der Waals surface area contributed by atoms with Crippen molar-refractivity contribution in [2.75, 3.05) is 6.54 Å². The second-order valence-electron chi connectivity index (χ2n) is 23.1. The summed E-state index contributed by atoms with van der Waals surface area (Å²) in [5, 5.41) is 140. The van der Waals surface area contributed by atoms with Gasteiger partial charge >= 0.3 is 5.97 Å². The maximum absolute atomic E-state index is 13.9. The molecule has 19 nitrogen and oxygen atoms in total. The third kappa shape index (κ3) is 33.8. The Kier molecular flexibility index (Phi) is 40.7. The van der Waals surface area contributed by atoms with Gasteiger partial charge in [0.25, 0.3) is 0 Å². The van der Waals surface area contributed by atoms with Crippen molar-refractivity contribution in [3.8, 4) is 0 Å². The molecule has 0 aromatic carbocycles. The minimum absolute atomic E-state index is 0.000868. The highest BCUT2D eigenvalue weighted by Gasteiger charge is 2.44. The Bertz CT molecular complexity index is 2190. The van der Waals surface area contributed by atoms with Gasteiger partial charge in [0, 0.05) is 43.4 Å². The number of carbonyl (C=O) groups is 2. The van der Waals surface area contributed by atoms with Crippen LogP contribution in [-0.4, -0.2) is 189 Å². The number of carbonyl (C=O) groups excluding carboxylic acids is 2. The van der Waals surface area contributed by atoms with Gasteiger partial charge in [-0.15, -0.1) is 6.58 Å². The highest BCUT2D eigenvalue weighted by molar-refractivity contribution is 5.81. The maximum atomic E-state index is 13.9. The maximum Gasteiger partial charge on any atom is 0.306 e. The van der Waals surface area contributed by atoms with Crippen LogP contribution in [0.2, 0.25) is 0 Å². The van der Waals surface area contributed by atoms with E-state index < -0.39 is 134 Å². The zero-order valence-electron chi connectivity index (χ0n) is 51.2. The topological polar surface area (TPSA) is 351 Å². The van der Waals surface area contributed by atoms with Crippen LogP contribution < -0.4 is 5.73 Å². The van der Waals surface area contributed by atoms with Gasteiger partial charge in [0.15, 0.2) is 6.29 Å². The number of hydrogen-bond acceptors (Lipinski definition) is 19. The smallest absolute Gasteiger partial charge is 0.306 e. The first-order chi connectivity index (χ1) is 40.9. The average Bonchev–Trinajstić information content (AvgIpc) is 2.13. The van der Waals surface area contributed by atoms with E-state index in [1.807, 2.05) is 61.6 Å². The van der Waals surface area contributed by atoms with Gasteiger partial charge in [-0.3, -0.25) is 9.59 Å². The van der Waals surface area contributed by atoms with Crippen LogP contribution in [-0.2, 0) is 23.8 Å². The number of aliphatic hydroxyl groups is 13. The van der Waals surface area contributed by atoms with Gasteiger partial charge in [-0.1, -0.05) is 142 Å². The summed E-state index contributed by atoms with van der Waals surface area (Å²) < 4.78 is 17.7. The molecule has 15 unspecified atom stereocenters. The van der Waals surface area contributed by atoms with Gasteiger partial charge < -0.3 is 86.3 Å². The Morgan fingerprint density at radius 1 is 0.674 bits per heavy atom. The fourth-order valence-corrected chi connectivity index (χ4v) is 9.81. The van der Waals surface area contributed by atoms with Crippen molar-refractivity contribution < 1.29 is 90.2 Å². The number of ether oxygens (including phenoxy) is 3. The molecule has 0 aromatic rings. The van der Waals surface area contributed by atoms with Gasteiger partial charge in [0.2, 0.25) is 0 Å². The summed E-state index contributed by atoms with van der Waals surface area (Å²) in [4.78, 5) is 26.8. The molecule has 0 radical (unpaired) electrons. The molecular formula is C67H107NO18. The van der Waals surface area contributed by atoms with Gasteiger partial charge in [-0.2, -0.15) is 0 Å². The predicted octanol–water partition coefficient (Wildman–Crippen LogP) is 5.31. The molecule has 86 heavy (non-hydrogen) atoms. The molecule has 0 saturated carbocycles. The molecule has 0 spiro atoms. The molecule has 0 amide bonds. The number of hydrogen-bond donors (Lipinski definition) is 14. The Balaban J connectivity index is 2.33. The Hall–Kier alpha value is -4.36. The first-order valence-corrected chi connectivity index (χ1v) is 30.8. The van der Waals surface area contributed by atoms with Crippen LogP contribution in [0, 0.1) is 17.8 Å². The molecule has 19 heteroatoms. The first kappa shape index (κ1) is 77.7. The van der Waals surface area contributed by atoms with Gasteiger partial charge in [0.05, 0.1) is 73.2 Å². The molecule has 1 saturated heterocycles. The van der Waals surface area contributed by atoms with Crippen molar-refractivity contribution in [2.45, 2.75) is 247 Å². The van der Waals surface area contributed by atoms with Crippen LogP contribution >= 0.6 is 0 Å². The van der Waals surface area contributed by atoms with Crippen LogP contribution in [0.1, 0.15) is 143 Å². The molecule has 488 valence electrons. The second kappa shape index (κ2) is 45.0. The van der Waals surface area contributed by atoms with Crippen molar-refractivity contribution in [1.29, 1.82) is 0 Å². The zero-order valence-corrected chi connectivity index (χ0v) is 51.2. The molecule has 2 aliphatic heterocycles. The lowest BCUT2D eigenvalue weighted by Gasteiger charge is -2.41. The molecule has 20 atom stereocenters. The monoisotopic (exact) mass is 1210 g/mol. The SMILES string of the molecule is C=CCC/C1=C/CC(O[C@@H]2O[C@@H](C)[C@H](O)[C@@H](O)[C@H]2O)C(C)C(=O)CC(O)CC(O)CC(O)/C=C/CC(O)CC(O)CC(O)CC(/C=C/CC(O)/C=C/CC(O)CCCN)OC(=O)CC/C=C/C=C/C=C/C=C/C=C/C(C)C(O)C(C)C(O)/C=C/CC1. The quantitative estimate of drug-likeness (QED) is 0.0774. The van der Waals surface area contributed by atoms with E-state index in [0.29, 0.717) is 57.9 Å². The number of cyclic esters (lactones) is 1. The van der Waals surface area contributed by atoms with E-state index in [1.54, 1.807) is 68.5 Å². The summed E-state index contributed by atoms with van der Waals surface area (Å²) in [5.41, 5.74) is 6.50. The second-order valence-corrected chi connectivity index (χ2v) is 23.1. The van der Waals surface area contributed by atoms with E-state index in [-0.39, 0.29) is 63.7 Å². The Labute approximate surface area is 511 Å².